The molecule has 0 spiro atoms. The Labute approximate surface area is 148 Å². The molecule has 1 atom stereocenters. The summed E-state index contributed by atoms with van der Waals surface area (Å²) in [6.07, 6.45) is 7.73. The molecule has 1 aromatic carbocycles. The predicted octanol–water partition coefficient (Wildman–Crippen LogP) is 2.78. The Kier molecular flexibility index (Phi) is 5.51. The Hall–Kier alpha value is -2.17. The van der Waals surface area contributed by atoms with Crippen LogP contribution in [-0.2, 0) is 16.1 Å². The first kappa shape index (κ1) is 17.6. The molecule has 2 amide bonds. The lowest BCUT2D eigenvalue weighted by Gasteiger charge is -2.25. The molecule has 1 saturated carbocycles. The second-order valence-corrected chi connectivity index (χ2v) is 7.06. The van der Waals surface area contributed by atoms with Crippen molar-refractivity contribution in [3.63, 3.8) is 0 Å². The van der Waals surface area contributed by atoms with Crippen LogP contribution in [0.4, 0.5) is 0 Å². The summed E-state index contributed by atoms with van der Waals surface area (Å²) in [7, 11) is 1.56. The highest BCUT2D eigenvalue weighted by Crippen LogP contribution is 2.35. The van der Waals surface area contributed by atoms with Crippen molar-refractivity contribution in [2.75, 3.05) is 7.05 Å². The summed E-state index contributed by atoms with van der Waals surface area (Å²) < 4.78 is 0. The van der Waals surface area contributed by atoms with Crippen LogP contribution in [0.2, 0.25) is 0 Å². The van der Waals surface area contributed by atoms with Crippen molar-refractivity contribution in [2.45, 2.75) is 63.5 Å². The highest BCUT2D eigenvalue weighted by molar-refractivity contribution is 6.01. The number of nitrogens with zero attached hydrogens (tertiary/aromatic N) is 1. The van der Waals surface area contributed by atoms with Crippen LogP contribution in [0.3, 0.4) is 0 Å². The maximum Gasteiger partial charge on any atom is 0.255 e. The number of carbonyl (C=O) groups is 3. The van der Waals surface area contributed by atoms with Crippen molar-refractivity contribution in [3.05, 3.63) is 34.9 Å². The Morgan fingerprint density at radius 2 is 2.08 bits per heavy atom. The zero-order chi connectivity index (χ0) is 17.8. The lowest BCUT2D eigenvalue weighted by Crippen LogP contribution is -2.46. The number of likely N-dealkylation sites (N-methyl/N-ethyl adjacent to an activating group) is 1. The summed E-state index contributed by atoms with van der Waals surface area (Å²) in [5.41, 5.74) is 3.02. The van der Waals surface area contributed by atoms with E-state index in [1.165, 1.54) is 37.7 Å². The van der Waals surface area contributed by atoms with Gasteiger partial charge >= 0.3 is 0 Å². The van der Waals surface area contributed by atoms with Crippen LogP contribution in [0.15, 0.2) is 18.2 Å². The van der Waals surface area contributed by atoms with Crippen LogP contribution >= 0.6 is 0 Å². The second-order valence-electron chi connectivity index (χ2n) is 7.06. The van der Waals surface area contributed by atoms with Gasteiger partial charge in [0.05, 0.1) is 0 Å². The minimum absolute atomic E-state index is 0.107. The normalized spacial score (nSPS) is 18.8. The predicted molar refractivity (Wildman–Crippen MR) is 95.3 cm³/mol. The van der Waals surface area contributed by atoms with Gasteiger partial charge in [0.2, 0.25) is 5.91 Å². The van der Waals surface area contributed by atoms with Gasteiger partial charge in [0.15, 0.2) is 0 Å². The SMILES string of the molecule is CNC(=O)C(CCC=O)N1Cc2cc(C3CCCCC3)ccc2C1=O. The molecule has 0 saturated heterocycles. The van der Waals surface area contributed by atoms with Crippen molar-refractivity contribution in [2.24, 2.45) is 0 Å². The topological polar surface area (TPSA) is 66.5 Å². The van der Waals surface area contributed by atoms with E-state index >= 15 is 0 Å². The molecule has 1 fully saturated rings. The van der Waals surface area contributed by atoms with E-state index in [2.05, 4.69) is 17.4 Å². The molecule has 2 aliphatic rings. The van der Waals surface area contributed by atoms with E-state index in [0.717, 1.165) is 11.8 Å². The summed E-state index contributed by atoms with van der Waals surface area (Å²) in [6.45, 7) is 0.450. The summed E-state index contributed by atoms with van der Waals surface area (Å²) in [5.74, 6) is 0.271. The number of nitrogens with one attached hydrogen (secondary N) is 1. The van der Waals surface area contributed by atoms with Crippen LogP contribution < -0.4 is 5.32 Å². The molecule has 0 radical (unpaired) electrons. The van der Waals surface area contributed by atoms with Crippen LogP contribution in [0.25, 0.3) is 0 Å². The van der Waals surface area contributed by atoms with Gasteiger partial charge in [-0.3, -0.25) is 9.59 Å². The lowest BCUT2D eigenvalue weighted by molar-refractivity contribution is -0.125. The molecule has 25 heavy (non-hydrogen) atoms. The Morgan fingerprint density at radius 3 is 2.76 bits per heavy atom. The van der Waals surface area contributed by atoms with Crippen molar-refractivity contribution < 1.29 is 14.4 Å². The molecule has 0 aromatic heterocycles. The number of benzene rings is 1. The summed E-state index contributed by atoms with van der Waals surface area (Å²) >= 11 is 0. The molecular weight excluding hydrogens is 316 g/mol. The molecule has 3 rings (SSSR count). The van der Waals surface area contributed by atoms with Gasteiger partial charge in [-0.2, -0.15) is 0 Å². The summed E-state index contributed by atoms with van der Waals surface area (Å²) in [5, 5.41) is 2.61. The zero-order valence-electron chi connectivity index (χ0n) is 14.8. The highest BCUT2D eigenvalue weighted by Gasteiger charge is 2.36. The summed E-state index contributed by atoms with van der Waals surface area (Å²) in [4.78, 5) is 37.3. The molecule has 5 nitrogen and oxygen atoms in total. The molecular formula is C20H26N2O3. The average molecular weight is 342 g/mol. The fourth-order valence-corrected chi connectivity index (χ4v) is 4.13. The van der Waals surface area contributed by atoms with E-state index in [4.69, 9.17) is 0 Å². The molecule has 1 aliphatic heterocycles. The number of fused-ring (bicyclic) bond motifs is 1. The molecule has 1 heterocycles. The van der Waals surface area contributed by atoms with E-state index in [-0.39, 0.29) is 18.2 Å². The maximum absolute atomic E-state index is 12.8. The van der Waals surface area contributed by atoms with Gasteiger partial charge in [-0.15, -0.1) is 0 Å². The first-order valence-corrected chi connectivity index (χ1v) is 9.24. The van der Waals surface area contributed by atoms with Gasteiger partial charge in [0.1, 0.15) is 12.3 Å². The minimum Gasteiger partial charge on any atom is -0.357 e. The number of amides is 2. The molecule has 5 heteroatoms. The van der Waals surface area contributed by atoms with E-state index < -0.39 is 6.04 Å². The molecule has 1 aliphatic carbocycles. The number of hydrogen-bond acceptors (Lipinski definition) is 3. The monoisotopic (exact) mass is 342 g/mol. The van der Waals surface area contributed by atoms with Gasteiger partial charge in [0, 0.05) is 25.6 Å². The smallest absolute Gasteiger partial charge is 0.255 e. The minimum atomic E-state index is -0.590. The third-order valence-corrected chi connectivity index (χ3v) is 5.52. The fraction of sp³-hybridized carbons (Fsp3) is 0.550. The van der Waals surface area contributed by atoms with Gasteiger partial charge in [0.25, 0.3) is 5.91 Å². The van der Waals surface area contributed by atoms with Gasteiger partial charge in [-0.1, -0.05) is 31.4 Å². The Balaban J connectivity index is 1.81. The maximum atomic E-state index is 12.8. The van der Waals surface area contributed by atoms with E-state index in [1.807, 2.05) is 6.07 Å². The van der Waals surface area contributed by atoms with Crippen LogP contribution in [0.1, 0.15) is 72.3 Å². The summed E-state index contributed by atoms with van der Waals surface area (Å²) in [6, 6.07) is 5.57. The Bertz CT molecular complexity index is 665. The molecule has 0 bridgehead atoms. The van der Waals surface area contributed by atoms with E-state index in [1.54, 1.807) is 11.9 Å². The number of rotatable bonds is 6. The Morgan fingerprint density at radius 1 is 1.32 bits per heavy atom. The van der Waals surface area contributed by atoms with Gasteiger partial charge in [-0.25, -0.2) is 0 Å². The van der Waals surface area contributed by atoms with Crippen LogP contribution in [0, 0.1) is 0 Å². The van der Waals surface area contributed by atoms with Gasteiger partial charge in [-0.05, 0) is 42.4 Å². The number of carbonyl (C=O) groups excluding carboxylic acids is 3. The highest BCUT2D eigenvalue weighted by atomic mass is 16.2. The quantitative estimate of drug-likeness (QED) is 0.809. The van der Waals surface area contributed by atoms with E-state index in [9.17, 15) is 14.4 Å². The van der Waals surface area contributed by atoms with Crippen molar-refractivity contribution in [1.82, 2.24) is 10.2 Å². The molecule has 1 unspecified atom stereocenters. The molecule has 134 valence electrons. The van der Waals surface area contributed by atoms with Gasteiger partial charge < -0.3 is 15.0 Å². The average Bonchev–Trinajstić information content (AvgIpc) is 2.98. The van der Waals surface area contributed by atoms with Crippen molar-refractivity contribution >= 4 is 18.1 Å². The molecule has 1 aromatic rings. The second kappa shape index (κ2) is 7.81. The first-order valence-electron chi connectivity index (χ1n) is 9.24. The fourth-order valence-electron chi connectivity index (χ4n) is 4.13. The third kappa shape index (κ3) is 3.60. The largest absolute Gasteiger partial charge is 0.357 e. The van der Waals surface area contributed by atoms with E-state index in [0.29, 0.717) is 24.4 Å². The van der Waals surface area contributed by atoms with Crippen molar-refractivity contribution in [1.29, 1.82) is 0 Å². The zero-order valence-corrected chi connectivity index (χ0v) is 14.8. The number of aldehydes is 1. The molecule has 1 N–H and O–H groups in total. The first-order chi connectivity index (χ1) is 12.2. The van der Waals surface area contributed by atoms with Crippen LogP contribution in [-0.4, -0.2) is 36.1 Å². The third-order valence-electron chi connectivity index (χ3n) is 5.52. The standard InChI is InChI=1S/C20H26N2O3/c1-21-19(24)18(8-5-11-23)22-13-16-12-15(9-10-17(16)20(22)25)14-6-3-2-4-7-14/h9-12,14,18H,2-8,13H2,1H3,(H,21,24). The lowest BCUT2D eigenvalue weighted by atomic mass is 9.83. The van der Waals surface area contributed by atoms with Crippen molar-refractivity contribution in [3.8, 4) is 0 Å². The number of hydrogen-bond donors (Lipinski definition) is 1. The van der Waals surface area contributed by atoms with Crippen LogP contribution in [0.5, 0.6) is 0 Å².